The van der Waals surface area contributed by atoms with Crippen molar-refractivity contribution < 1.29 is 9.66 Å². The molecule has 8 nitrogen and oxygen atoms in total. The van der Waals surface area contributed by atoms with Crippen molar-refractivity contribution in [2.45, 2.75) is 19.4 Å². The molecule has 1 aliphatic heterocycles. The lowest BCUT2D eigenvalue weighted by molar-refractivity contribution is -0.386. The van der Waals surface area contributed by atoms with E-state index < -0.39 is 21.9 Å². The number of aromatic amines is 2. The lowest BCUT2D eigenvalue weighted by atomic mass is 10.1. The zero-order valence-electron chi connectivity index (χ0n) is 12.2. The maximum absolute atomic E-state index is 11.5. The van der Waals surface area contributed by atoms with E-state index in [2.05, 4.69) is 4.98 Å². The van der Waals surface area contributed by atoms with E-state index in [1.165, 1.54) is 6.08 Å². The highest BCUT2D eigenvalue weighted by Crippen LogP contribution is 2.29. The molecule has 8 heteroatoms. The molecule has 2 heterocycles. The van der Waals surface area contributed by atoms with Gasteiger partial charge in [0.2, 0.25) is 0 Å². The predicted molar refractivity (Wildman–Crippen MR) is 83.5 cm³/mol. The van der Waals surface area contributed by atoms with Crippen LogP contribution in [0.15, 0.2) is 27.8 Å². The Labute approximate surface area is 129 Å². The van der Waals surface area contributed by atoms with Crippen LogP contribution < -0.4 is 16.0 Å². The monoisotopic (exact) mass is 315 g/mol. The first kappa shape index (κ1) is 14.8. The molecule has 0 radical (unpaired) electrons. The van der Waals surface area contributed by atoms with Gasteiger partial charge < -0.3 is 9.72 Å². The maximum atomic E-state index is 11.5. The molecule has 0 saturated heterocycles. The minimum Gasteiger partial charge on any atom is -0.490 e. The Balaban J connectivity index is 1.98. The third-order valence-electron chi connectivity index (χ3n) is 3.49. The molecule has 2 N–H and O–H groups in total. The molecule has 1 aromatic carbocycles. The smallest absolute Gasteiger partial charge is 0.357 e. The van der Waals surface area contributed by atoms with Gasteiger partial charge in [0.05, 0.1) is 4.92 Å². The van der Waals surface area contributed by atoms with Crippen molar-refractivity contribution >= 4 is 17.8 Å². The summed E-state index contributed by atoms with van der Waals surface area (Å²) < 4.78 is 5.60. The van der Waals surface area contributed by atoms with Crippen LogP contribution in [0.25, 0.3) is 12.2 Å². The van der Waals surface area contributed by atoms with Gasteiger partial charge in [-0.15, -0.1) is 0 Å². The van der Waals surface area contributed by atoms with E-state index in [0.29, 0.717) is 0 Å². The molecule has 0 fully saturated rings. The van der Waals surface area contributed by atoms with Crippen molar-refractivity contribution in [2.24, 2.45) is 0 Å². The molecule has 1 atom stereocenters. The van der Waals surface area contributed by atoms with Crippen LogP contribution in [-0.2, 0) is 6.42 Å². The van der Waals surface area contributed by atoms with Crippen LogP contribution in [0.3, 0.4) is 0 Å². The maximum Gasteiger partial charge on any atom is 0.357 e. The van der Waals surface area contributed by atoms with Crippen molar-refractivity contribution in [2.75, 3.05) is 0 Å². The molecule has 0 spiro atoms. The number of benzene rings is 1. The zero-order valence-corrected chi connectivity index (χ0v) is 12.2. The average Bonchev–Trinajstić information content (AvgIpc) is 2.83. The molecule has 0 unspecified atom stereocenters. The van der Waals surface area contributed by atoms with Gasteiger partial charge in [0.15, 0.2) is 0 Å². The molecule has 0 amide bonds. The van der Waals surface area contributed by atoms with Gasteiger partial charge >= 0.3 is 16.9 Å². The van der Waals surface area contributed by atoms with Gasteiger partial charge in [-0.3, -0.25) is 19.9 Å². The SMILES string of the molecule is C[C@H]1Cc2cc(/C=C/c3[nH]c(=O)[nH]c(=O)c3[N+](=O)[O-])ccc2O1. The predicted octanol–water partition coefficient (Wildman–Crippen LogP) is 1.47. The fraction of sp³-hybridized carbons (Fsp3) is 0.200. The lowest BCUT2D eigenvalue weighted by Gasteiger charge is -2.02. The van der Waals surface area contributed by atoms with Crippen LogP contribution >= 0.6 is 0 Å². The summed E-state index contributed by atoms with van der Waals surface area (Å²) in [6.45, 7) is 1.97. The molecule has 1 aromatic heterocycles. The molecule has 23 heavy (non-hydrogen) atoms. The first-order chi connectivity index (χ1) is 10.9. The number of hydrogen-bond acceptors (Lipinski definition) is 5. The fourth-order valence-corrected chi connectivity index (χ4v) is 2.52. The number of nitrogens with zero attached hydrogens (tertiary/aromatic N) is 1. The van der Waals surface area contributed by atoms with Crippen molar-refractivity contribution in [1.82, 2.24) is 9.97 Å². The highest BCUT2D eigenvalue weighted by molar-refractivity contribution is 5.72. The van der Waals surface area contributed by atoms with Crippen LogP contribution in [0, 0.1) is 10.1 Å². The number of fused-ring (bicyclic) bond motifs is 1. The molecular weight excluding hydrogens is 302 g/mol. The summed E-state index contributed by atoms with van der Waals surface area (Å²) in [6.07, 6.45) is 3.85. The topological polar surface area (TPSA) is 118 Å². The fourth-order valence-electron chi connectivity index (χ4n) is 2.52. The molecule has 3 rings (SSSR count). The van der Waals surface area contributed by atoms with Gasteiger partial charge in [0.1, 0.15) is 17.5 Å². The quantitative estimate of drug-likeness (QED) is 0.656. The summed E-state index contributed by atoms with van der Waals surface area (Å²) in [5.74, 6) is 0.824. The van der Waals surface area contributed by atoms with E-state index in [1.807, 2.05) is 24.0 Å². The second-order valence-corrected chi connectivity index (χ2v) is 5.26. The Morgan fingerprint density at radius 1 is 1.30 bits per heavy atom. The van der Waals surface area contributed by atoms with Gasteiger partial charge in [0, 0.05) is 6.42 Å². The zero-order chi connectivity index (χ0) is 16.6. The minimum atomic E-state index is -1.03. The normalized spacial score (nSPS) is 16.3. The van der Waals surface area contributed by atoms with Crippen LogP contribution in [0.1, 0.15) is 23.7 Å². The van der Waals surface area contributed by atoms with E-state index in [9.17, 15) is 19.7 Å². The highest BCUT2D eigenvalue weighted by atomic mass is 16.6. The van der Waals surface area contributed by atoms with Crippen LogP contribution in [0.2, 0.25) is 0 Å². The van der Waals surface area contributed by atoms with E-state index in [-0.39, 0.29) is 11.8 Å². The van der Waals surface area contributed by atoms with E-state index in [0.717, 1.165) is 23.3 Å². The third kappa shape index (κ3) is 2.91. The molecule has 2 aromatic rings. The Morgan fingerprint density at radius 3 is 2.83 bits per heavy atom. The number of nitrogens with one attached hydrogen (secondary N) is 2. The number of nitro groups is 1. The molecule has 0 bridgehead atoms. The summed E-state index contributed by atoms with van der Waals surface area (Å²) in [5.41, 5.74) is -0.829. The molecule has 118 valence electrons. The molecule has 0 saturated carbocycles. The third-order valence-corrected chi connectivity index (χ3v) is 3.49. The van der Waals surface area contributed by atoms with E-state index in [1.54, 1.807) is 12.1 Å². The van der Waals surface area contributed by atoms with Crippen LogP contribution in [-0.4, -0.2) is 21.0 Å². The van der Waals surface area contributed by atoms with Crippen LogP contribution in [0.5, 0.6) is 5.75 Å². The van der Waals surface area contributed by atoms with Crippen LogP contribution in [0.4, 0.5) is 5.69 Å². The molecular formula is C15H13N3O5. The minimum absolute atomic E-state index is 0.120. The van der Waals surface area contributed by atoms with Gasteiger partial charge in [-0.05, 0) is 36.3 Å². The Hall–Kier alpha value is -3.16. The number of rotatable bonds is 3. The summed E-state index contributed by atoms with van der Waals surface area (Å²) in [4.78, 5) is 37.1. The summed E-state index contributed by atoms with van der Waals surface area (Å²) in [6, 6.07) is 5.53. The lowest BCUT2D eigenvalue weighted by Crippen LogP contribution is -2.25. The summed E-state index contributed by atoms with van der Waals surface area (Å²) >= 11 is 0. The van der Waals surface area contributed by atoms with Gasteiger partial charge in [-0.25, -0.2) is 4.79 Å². The number of hydrogen-bond donors (Lipinski definition) is 2. The van der Waals surface area contributed by atoms with Crippen molar-refractivity contribution in [1.29, 1.82) is 0 Å². The van der Waals surface area contributed by atoms with Gasteiger partial charge in [-0.1, -0.05) is 12.1 Å². The highest BCUT2D eigenvalue weighted by Gasteiger charge is 2.20. The average molecular weight is 315 g/mol. The second kappa shape index (κ2) is 5.56. The van der Waals surface area contributed by atoms with Crippen molar-refractivity contribution in [3.05, 3.63) is 66.0 Å². The van der Waals surface area contributed by atoms with E-state index in [4.69, 9.17) is 4.74 Å². The molecule has 0 aliphatic carbocycles. The first-order valence-electron chi connectivity index (χ1n) is 6.92. The number of aromatic nitrogens is 2. The number of H-pyrrole nitrogens is 2. The largest absolute Gasteiger partial charge is 0.490 e. The summed E-state index contributed by atoms with van der Waals surface area (Å²) in [5, 5.41) is 11.0. The van der Waals surface area contributed by atoms with Gasteiger partial charge in [-0.2, -0.15) is 0 Å². The van der Waals surface area contributed by atoms with Crippen molar-refractivity contribution in [3.8, 4) is 5.75 Å². The summed E-state index contributed by atoms with van der Waals surface area (Å²) in [7, 11) is 0. The first-order valence-corrected chi connectivity index (χ1v) is 6.92. The van der Waals surface area contributed by atoms with Crippen molar-refractivity contribution in [3.63, 3.8) is 0 Å². The Bertz CT molecular complexity index is 925. The standard InChI is InChI=1S/C15H13N3O5/c1-8-6-10-7-9(3-5-12(10)23-8)2-4-11-13(18(21)22)14(19)17-15(20)16-11/h2-5,7-8H,6H2,1H3,(H2,16,17,19,20)/b4-2+/t8-/m0/s1. The Morgan fingerprint density at radius 2 is 2.09 bits per heavy atom. The number of ether oxygens (including phenoxy) is 1. The Kier molecular flexibility index (Phi) is 3.57. The van der Waals surface area contributed by atoms with Gasteiger partial charge in [0.25, 0.3) is 0 Å². The molecule has 1 aliphatic rings. The second-order valence-electron chi connectivity index (χ2n) is 5.26. The van der Waals surface area contributed by atoms with E-state index >= 15 is 0 Å².